The van der Waals surface area contributed by atoms with Crippen molar-refractivity contribution in [3.05, 3.63) is 54.2 Å². The number of rotatable bonds is 4. The van der Waals surface area contributed by atoms with Crippen molar-refractivity contribution in [2.45, 2.75) is 31.2 Å². The largest absolute Gasteiger partial charge is 0.487 e. The van der Waals surface area contributed by atoms with Crippen LogP contribution >= 0.6 is 0 Å². The Morgan fingerprint density at radius 2 is 2.00 bits per heavy atom. The van der Waals surface area contributed by atoms with Crippen molar-refractivity contribution >= 4 is 23.1 Å². The number of hydrogen-bond acceptors (Lipinski definition) is 7. The molecule has 0 aliphatic carbocycles. The van der Waals surface area contributed by atoms with Gasteiger partial charge in [0.05, 0.1) is 24.5 Å². The number of nitrogens with zero attached hydrogens (tertiary/aromatic N) is 4. The molecule has 1 aromatic heterocycles. The predicted octanol–water partition coefficient (Wildman–Crippen LogP) is 3.08. The number of fused-ring (bicyclic) bond motifs is 2. The van der Waals surface area contributed by atoms with Crippen LogP contribution in [-0.4, -0.2) is 85.4 Å². The highest BCUT2D eigenvalue weighted by Crippen LogP contribution is 2.40. The van der Waals surface area contributed by atoms with Gasteiger partial charge in [-0.25, -0.2) is 9.37 Å². The number of piperidine rings is 1. The van der Waals surface area contributed by atoms with Crippen LogP contribution < -0.4 is 15.0 Å². The monoisotopic (exact) mass is 493 g/mol. The van der Waals surface area contributed by atoms with Crippen molar-refractivity contribution in [3.8, 4) is 5.75 Å². The van der Waals surface area contributed by atoms with Gasteiger partial charge in [0.25, 0.3) is 0 Å². The lowest BCUT2D eigenvalue weighted by Crippen LogP contribution is -2.63. The van der Waals surface area contributed by atoms with Gasteiger partial charge in [0.2, 0.25) is 5.91 Å². The minimum absolute atomic E-state index is 0.0502. The number of carbonyl (C=O) groups excluding carboxylic acids is 1. The first-order valence-corrected chi connectivity index (χ1v) is 12.7. The summed E-state index contributed by atoms with van der Waals surface area (Å²) in [5, 5.41) is 3.47. The van der Waals surface area contributed by atoms with Gasteiger partial charge in [-0.2, -0.15) is 0 Å². The van der Waals surface area contributed by atoms with Gasteiger partial charge in [0.1, 0.15) is 24.3 Å². The fraction of sp³-hybridized carbons (Fsp3) is 0.481. The van der Waals surface area contributed by atoms with Gasteiger partial charge in [-0.15, -0.1) is 0 Å². The first kappa shape index (κ1) is 23.2. The van der Waals surface area contributed by atoms with Crippen LogP contribution in [0.4, 0.5) is 21.6 Å². The van der Waals surface area contributed by atoms with Crippen molar-refractivity contribution in [1.29, 1.82) is 0 Å². The summed E-state index contributed by atoms with van der Waals surface area (Å²) in [6, 6.07) is 8.23. The van der Waals surface area contributed by atoms with Gasteiger partial charge in [-0.3, -0.25) is 9.69 Å². The number of alkyl halides is 1. The Kier molecular flexibility index (Phi) is 6.27. The normalized spacial score (nSPS) is 24.5. The Morgan fingerprint density at radius 3 is 2.78 bits per heavy atom. The number of hydrogen-bond donors (Lipinski definition) is 1. The minimum Gasteiger partial charge on any atom is -0.487 e. The van der Waals surface area contributed by atoms with Crippen LogP contribution in [0.3, 0.4) is 0 Å². The molecule has 0 bridgehead atoms. The second-order valence-electron chi connectivity index (χ2n) is 9.93. The maximum Gasteiger partial charge on any atom is 0.246 e. The SMILES string of the molecule is C=CC(=O)N1CC(N2CC[C@H](c3ccc4c(c3)Nc3nccc(N5CCOCC5)c3CO4)[C@@H](F)C2)C1. The number of ether oxygens (including phenoxy) is 2. The molecule has 6 rings (SSSR count). The van der Waals surface area contributed by atoms with Crippen LogP contribution in [0.2, 0.25) is 0 Å². The molecule has 1 N–H and O–H groups in total. The molecule has 3 saturated heterocycles. The summed E-state index contributed by atoms with van der Waals surface area (Å²) in [4.78, 5) is 22.6. The Labute approximate surface area is 210 Å². The molecule has 9 heteroatoms. The minimum atomic E-state index is -0.967. The van der Waals surface area contributed by atoms with Crippen LogP contribution in [0.25, 0.3) is 0 Å². The van der Waals surface area contributed by atoms with Crippen molar-refractivity contribution in [3.63, 3.8) is 0 Å². The molecule has 2 aromatic rings. The summed E-state index contributed by atoms with van der Waals surface area (Å²) in [7, 11) is 0. The highest BCUT2D eigenvalue weighted by Gasteiger charge is 2.39. The van der Waals surface area contributed by atoms with E-state index < -0.39 is 6.17 Å². The zero-order chi connectivity index (χ0) is 24.6. The molecule has 36 heavy (non-hydrogen) atoms. The summed E-state index contributed by atoms with van der Waals surface area (Å²) in [6.07, 6.45) is 2.94. The Hall–Kier alpha value is -3.17. The van der Waals surface area contributed by atoms with Gasteiger partial charge >= 0.3 is 0 Å². The molecule has 3 fully saturated rings. The Bertz CT molecular complexity index is 1150. The molecule has 0 radical (unpaired) electrons. The summed E-state index contributed by atoms with van der Waals surface area (Å²) in [5.41, 5.74) is 3.94. The van der Waals surface area contributed by atoms with Gasteiger partial charge in [0, 0.05) is 56.6 Å². The van der Waals surface area contributed by atoms with Crippen LogP contribution in [-0.2, 0) is 16.1 Å². The van der Waals surface area contributed by atoms with Crippen LogP contribution in [0.15, 0.2) is 43.1 Å². The third-order valence-corrected chi connectivity index (χ3v) is 7.88. The van der Waals surface area contributed by atoms with E-state index in [1.165, 1.54) is 6.08 Å². The second kappa shape index (κ2) is 9.71. The molecule has 190 valence electrons. The smallest absolute Gasteiger partial charge is 0.246 e. The van der Waals surface area contributed by atoms with E-state index in [9.17, 15) is 4.79 Å². The molecule has 1 amide bonds. The third-order valence-electron chi connectivity index (χ3n) is 7.88. The number of amides is 1. The first-order chi connectivity index (χ1) is 17.6. The fourth-order valence-corrected chi connectivity index (χ4v) is 5.74. The molecule has 2 atom stereocenters. The lowest BCUT2D eigenvalue weighted by molar-refractivity contribution is -0.134. The van der Waals surface area contributed by atoms with Gasteiger partial charge in [-0.05, 0) is 42.8 Å². The zero-order valence-corrected chi connectivity index (χ0v) is 20.4. The molecule has 0 spiro atoms. The molecular formula is C27H32FN5O3. The number of morpholine rings is 1. The van der Waals surface area contributed by atoms with Crippen molar-refractivity contribution in [2.75, 3.05) is 62.7 Å². The summed E-state index contributed by atoms with van der Waals surface area (Å²) < 4.78 is 27.1. The summed E-state index contributed by atoms with van der Waals surface area (Å²) >= 11 is 0. The number of carbonyl (C=O) groups is 1. The predicted molar refractivity (Wildman–Crippen MR) is 136 cm³/mol. The van der Waals surface area contributed by atoms with E-state index in [2.05, 4.69) is 26.7 Å². The zero-order valence-electron chi connectivity index (χ0n) is 20.4. The molecule has 8 nitrogen and oxygen atoms in total. The molecule has 0 unspecified atom stereocenters. The van der Waals surface area contributed by atoms with Gasteiger partial charge < -0.3 is 24.6 Å². The molecular weight excluding hydrogens is 461 g/mol. The van der Waals surface area contributed by atoms with Crippen LogP contribution in [0.5, 0.6) is 5.75 Å². The van der Waals surface area contributed by atoms with E-state index in [0.29, 0.717) is 39.5 Å². The highest BCUT2D eigenvalue weighted by molar-refractivity contribution is 5.87. The second-order valence-corrected chi connectivity index (χ2v) is 9.93. The van der Waals surface area contributed by atoms with Crippen molar-refractivity contribution in [1.82, 2.24) is 14.8 Å². The molecule has 5 heterocycles. The molecule has 4 aliphatic heterocycles. The topological polar surface area (TPSA) is 70.2 Å². The average molecular weight is 494 g/mol. The highest BCUT2D eigenvalue weighted by atomic mass is 19.1. The number of aromatic nitrogens is 1. The quantitative estimate of drug-likeness (QED) is 0.657. The summed E-state index contributed by atoms with van der Waals surface area (Å²) in [6.45, 7) is 9.59. The number of likely N-dealkylation sites (tertiary alicyclic amines) is 2. The van der Waals surface area contributed by atoms with E-state index in [1.807, 2.05) is 30.5 Å². The van der Waals surface area contributed by atoms with Crippen molar-refractivity contribution < 1.29 is 18.7 Å². The third kappa shape index (κ3) is 4.30. The van der Waals surface area contributed by atoms with E-state index in [4.69, 9.17) is 9.47 Å². The maximum absolute atomic E-state index is 15.4. The first-order valence-electron chi connectivity index (χ1n) is 12.7. The summed E-state index contributed by atoms with van der Waals surface area (Å²) in [5.74, 6) is 1.31. The molecule has 1 aromatic carbocycles. The van der Waals surface area contributed by atoms with Crippen molar-refractivity contribution in [2.24, 2.45) is 0 Å². The number of pyridine rings is 1. The standard InChI is InChI=1S/C27H32FN5O3/c1-2-26(34)33-14-19(15-33)32-8-6-20(22(28)16-32)18-3-4-25-23(13-18)30-27-21(17-36-25)24(5-7-29-27)31-9-11-35-12-10-31/h2-5,7,13,19-20,22H,1,6,8-12,14-17H2,(H,29,30)/t20-,22+/m1/s1. The van der Waals surface area contributed by atoms with E-state index in [-0.39, 0.29) is 17.9 Å². The molecule has 0 saturated carbocycles. The fourth-order valence-electron chi connectivity index (χ4n) is 5.74. The van der Waals surface area contributed by atoms with Crippen LogP contribution in [0.1, 0.15) is 23.5 Å². The number of benzene rings is 1. The average Bonchev–Trinajstić information content (AvgIpc) is 3.07. The van der Waals surface area contributed by atoms with E-state index >= 15 is 4.39 Å². The van der Waals surface area contributed by atoms with E-state index in [0.717, 1.165) is 60.1 Å². The number of halogens is 1. The lowest BCUT2D eigenvalue weighted by atomic mass is 9.86. The number of nitrogens with one attached hydrogen (secondary N) is 1. The molecule has 4 aliphatic rings. The van der Waals surface area contributed by atoms with Gasteiger partial charge in [-0.1, -0.05) is 12.6 Å². The van der Waals surface area contributed by atoms with Crippen LogP contribution in [0, 0.1) is 0 Å². The Balaban J connectivity index is 1.16. The van der Waals surface area contributed by atoms with Gasteiger partial charge in [0.15, 0.2) is 0 Å². The maximum atomic E-state index is 15.4. The Morgan fingerprint density at radius 1 is 1.17 bits per heavy atom. The number of anilines is 3. The lowest BCUT2D eigenvalue weighted by Gasteiger charge is -2.48. The van der Waals surface area contributed by atoms with E-state index in [1.54, 1.807) is 4.90 Å².